The van der Waals surface area contributed by atoms with Crippen LogP contribution >= 0.6 is 15.9 Å². The van der Waals surface area contributed by atoms with Gasteiger partial charge >= 0.3 is 11.8 Å². The molecular weight excluding hydrogens is 314 g/mol. The van der Waals surface area contributed by atoms with E-state index < -0.39 is 17.7 Å². The fourth-order valence-electron chi connectivity index (χ4n) is 1.37. The van der Waals surface area contributed by atoms with E-state index in [4.69, 9.17) is 5.73 Å². The third kappa shape index (κ3) is 4.46. The van der Waals surface area contributed by atoms with E-state index in [1.54, 1.807) is 24.3 Å². The van der Waals surface area contributed by atoms with Crippen LogP contribution in [0.25, 0.3) is 0 Å². The molecule has 102 valence electrons. The minimum atomic E-state index is -0.916. The Morgan fingerprint density at radius 2 is 1.84 bits per heavy atom. The number of amides is 3. The normalized spacial score (nSPS) is 9.84. The number of nitrogens with two attached hydrogens (primary N) is 1. The second kappa shape index (κ2) is 7.01. The van der Waals surface area contributed by atoms with Gasteiger partial charge in [0.2, 0.25) is 5.91 Å². The van der Waals surface area contributed by atoms with Crippen LogP contribution in [0.1, 0.15) is 6.92 Å². The Hall–Kier alpha value is -1.73. The summed E-state index contributed by atoms with van der Waals surface area (Å²) in [6.07, 6.45) is 0. The van der Waals surface area contributed by atoms with E-state index in [2.05, 4.69) is 21.2 Å². The molecule has 0 heterocycles. The largest absolute Gasteiger partial charge is 0.329 e. The zero-order chi connectivity index (χ0) is 14.4. The molecule has 0 bridgehead atoms. The molecule has 0 saturated carbocycles. The molecule has 0 atom stereocenters. The van der Waals surface area contributed by atoms with Crippen LogP contribution in [0.3, 0.4) is 0 Å². The molecule has 0 radical (unpaired) electrons. The molecule has 0 fully saturated rings. The Kier molecular flexibility index (Phi) is 5.65. The predicted octanol–water partition coefficient (Wildman–Crippen LogP) is 0.721. The van der Waals surface area contributed by atoms with Crippen LogP contribution in [0.4, 0.5) is 5.69 Å². The summed E-state index contributed by atoms with van der Waals surface area (Å²) in [5, 5.41) is 2.42. The quantitative estimate of drug-likeness (QED) is 0.800. The summed E-state index contributed by atoms with van der Waals surface area (Å²) in [4.78, 5) is 35.5. The molecule has 3 N–H and O–H groups in total. The zero-order valence-corrected chi connectivity index (χ0v) is 11.9. The summed E-state index contributed by atoms with van der Waals surface area (Å²) in [6.45, 7) is 1.33. The van der Waals surface area contributed by atoms with E-state index in [-0.39, 0.29) is 13.1 Å². The first-order valence-electron chi connectivity index (χ1n) is 5.54. The summed E-state index contributed by atoms with van der Waals surface area (Å²) < 4.78 is 0.852. The van der Waals surface area contributed by atoms with Gasteiger partial charge in [-0.15, -0.1) is 0 Å². The number of carbonyl (C=O) groups is 3. The van der Waals surface area contributed by atoms with E-state index in [0.717, 1.165) is 9.37 Å². The second-order valence-corrected chi connectivity index (χ2v) is 4.64. The maximum absolute atomic E-state index is 11.8. The lowest BCUT2D eigenvalue weighted by atomic mass is 10.3. The van der Waals surface area contributed by atoms with Gasteiger partial charge in [-0.1, -0.05) is 15.9 Å². The number of benzene rings is 1. The molecule has 0 saturated heterocycles. The standard InChI is InChI=1S/C12H14BrN3O3/c1-8(17)16(7-6-14)12(19)11(18)15-10-4-2-9(13)3-5-10/h2-5H,6-7,14H2,1H3,(H,15,18). The van der Waals surface area contributed by atoms with E-state index >= 15 is 0 Å². The number of hydrogen-bond acceptors (Lipinski definition) is 4. The lowest BCUT2D eigenvalue weighted by Gasteiger charge is -2.17. The number of nitrogens with one attached hydrogen (secondary N) is 1. The molecule has 0 aliphatic carbocycles. The van der Waals surface area contributed by atoms with Gasteiger partial charge in [0, 0.05) is 30.2 Å². The Bertz CT molecular complexity index is 487. The van der Waals surface area contributed by atoms with Crippen molar-refractivity contribution >= 4 is 39.3 Å². The van der Waals surface area contributed by atoms with Crippen molar-refractivity contribution in [3.63, 3.8) is 0 Å². The first-order valence-corrected chi connectivity index (χ1v) is 6.34. The van der Waals surface area contributed by atoms with Crippen molar-refractivity contribution in [2.24, 2.45) is 5.73 Å². The van der Waals surface area contributed by atoms with Crippen molar-refractivity contribution in [2.75, 3.05) is 18.4 Å². The van der Waals surface area contributed by atoms with Crippen molar-refractivity contribution in [1.82, 2.24) is 4.90 Å². The van der Waals surface area contributed by atoms with E-state index in [1.165, 1.54) is 6.92 Å². The smallest absolute Gasteiger partial charge is 0.318 e. The molecule has 19 heavy (non-hydrogen) atoms. The highest BCUT2D eigenvalue weighted by Gasteiger charge is 2.24. The lowest BCUT2D eigenvalue weighted by molar-refractivity contribution is -0.149. The average Bonchev–Trinajstić information content (AvgIpc) is 2.37. The Balaban J connectivity index is 2.73. The van der Waals surface area contributed by atoms with Crippen LogP contribution in [0.2, 0.25) is 0 Å². The summed E-state index contributed by atoms with van der Waals surface area (Å²) >= 11 is 3.26. The first kappa shape index (κ1) is 15.3. The van der Waals surface area contributed by atoms with E-state index in [1.807, 2.05) is 0 Å². The van der Waals surface area contributed by atoms with Crippen LogP contribution in [-0.4, -0.2) is 35.7 Å². The maximum atomic E-state index is 11.8. The van der Waals surface area contributed by atoms with Crippen LogP contribution in [-0.2, 0) is 14.4 Å². The van der Waals surface area contributed by atoms with Gasteiger partial charge in [0.1, 0.15) is 0 Å². The van der Waals surface area contributed by atoms with Gasteiger partial charge in [0.15, 0.2) is 0 Å². The second-order valence-electron chi connectivity index (χ2n) is 3.73. The van der Waals surface area contributed by atoms with Crippen molar-refractivity contribution in [3.8, 4) is 0 Å². The van der Waals surface area contributed by atoms with Crippen LogP contribution in [0, 0.1) is 0 Å². The van der Waals surface area contributed by atoms with Gasteiger partial charge in [-0.3, -0.25) is 19.3 Å². The molecule has 0 aromatic heterocycles. The van der Waals surface area contributed by atoms with Gasteiger partial charge in [0.05, 0.1) is 0 Å². The number of rotatable bonds is 3. The van der Waals surface area contributed by atoms with Gasteiger partial charge in [-0.25, -0.2) is 0 Å². The Morgan fingerprint density at radius 3 is 2.32 bits per heavy atom. The number of nitrogens with zero attached hydrogens (tertiary/aromatic N) is 1. The predicted molar refractivity (Wildman–Crippen MR) is 74.2 cm³/mol. The van der Waals surface area contributed by atoms with E-state index in [0.29, 0.717) is 5.69 Å². The monoisotopic (exact) mass is 327 g/mol. The summed E-state index contributed by atoms with van der Waals surface area (Å²) in [7, 11) is 0. The lowest BCUT2D eigenvalue weighted by Crippen LogP contribution is -2.44. The number of carbonyl (C=O) groups excluding carboxylic acids is 3. The molecule has 6 nitrogen and oxygen atoms in total. The van der Waals surface area contributed by atoms with Gasteiger partial charge in [-0.2, -0.15) is 0 Å². The fourth-order valence-corrected chi connectivity index (χ4v) is 1.64. The fraction of sp³-hybridized carbons (Fsp3) is 0.250. The topological polar surface area (TPSA) is 92.5 Å². The Morgan fingerprint density at radius 1 is 1.26 bits per heavy atom. The number of imide groups is 1. The molecule has 1 aromatic carbocycles. The molecule has 1 aromatic rings. The van der Waals surface area contributed by atoms with Crippen molar-refractivity contribution in [1.29, 1.82) is 0 Å². The first-order chi connectivity index (χ1) is 8.95. The van der Waals surface area contributed by atoms with Crippen molar-refractivity contribution in [3.05, 3.63) is 28.7 Å². The third-order valence-corrected chi connectivity index (χ3v) is 2.80. The SMILES string of the molecule is CC(=O)N(CCN)C(=O)C(=O)Nc1ccc(Br)cc1. The maximum Gasteiger partial charge on any atom is 0.318 e. The highest BCUT2D eigenvalue weighted by atomic mass is 79.9. The number of halogens is 1. The van der Waals surface area contributed by atoms with Crippen LogP contribution in [0.5, 0.6) is 0 Å². The average molecular weight is 328 g/mol. The number of hydrogen-bond donors (Lipinski definition) is 2. The molecule has 0 spiro atoms. The number of anilines is 1. The molecule has 1 rings (SSSR count). The highest BCUT2D eigenvalue weighted by molar-refractivity contribution is 9.10. The zero-order valence-electron chi connectivity index (χ0n) is 10.4. The molecule has 0 aliphatic rings. The Labute approximate surface area is 119 Å². The summed E-state index contributed by atoms with van der Waals surface area (Å²) in [5.74, 6) is -2.30. The highest BCUT2D eigenvalue weighted by Crippen LogP contribution is 2.14. The van der Waals surface area contributed by atoms with Gasteiger partial charge in [0.25, 0.3) is 0 Å². The summed E-state index contributed by atoms with van der Waals surface area (Å²) in [6, 6.07) is 6.72. The van der Waals surface area contributed by atoms with Gasteiger partial charge < -0.3 is 11.1 Å². The molecule has 7 heteroatoms. The summed E-state index contributed by atoms with van der Waals surface area (Å²) in [5.41, 5.74) is 5.76. The van der Waals surface area contributed by atoms with Crippen LogP contribution < -0.4 is 11.1 Å². The van der Waals surface area contributed by atoms with E-state index in [9.17, 15) is 14.4 Å². The molecule has 0 aliphatic heterocycles. The minimum absolute atomic E-state index is 0.0158. The third-order valence-electron chi connectivity index (χ3n) is 2.27. The van der Waals surface area contributed by atoms with Gasteiger partial charge in [-0.05, 0) is 24.3 Å². The molecule has 3 amide bonds. The molecular formula is C12H14BrN3O3. The molecule has 0 unspecified atom stereocenters. The minimum Gasteiger partial charge on any atom is -0.329 e. The van der Waals surface area contributed by atoms with Crippen molar-refractivity contribution < 1.29 is 14.4 Å². The van der Waals surface area contributed by atoms with Crippen LogP contribution in [0.15, 0.2) is 28.7 Å². The van der Waals surface area contributed by atoms with Crippen molar-refractivity contribution in [2.45, 2.75) is 6.92 Å².